The summed E-state index contributed by atoms with van der Waals surface area (Å²) in [5, 5.41) is 17.4. The van der Waals surface area contributed by atoms with Gasteiger partial charge in [0.2, 0.25) is 0 Å². The molecule has 26 heavy (non-hydrogen) atoms. The fraction of sp³-hybridized carbons (Fsp3) is 0.316. The van der Waals surface area contributed by atoms with Crippen molar-refractivity contribution in [3.05, 3.63) is 41.6 Å². The van der Waals surface area contributed by atoms with Crippen LogP contribution in [-0.2, 0) is 0 Å². The third kappa shape index (κ3) is 4.58. The van der Waals surface area contributed by atoms with Crippen molar-refractivity contribution in [3.8, 4) is 17.1 Å². The number of aryl methyl sites for hydroxylation is 1. The highest BCUT2D eigenvalue weighted by Crippen LogP contribution is 2.30. The van der Waals surface area contributed by atoms with Gasteiger partial charge in [0, 0.05) is 43.3 Å². The molecule has 0 saturated carbocycles. The van der Waals surface area contributed by atoms with Gasteiger partial charge in [0.25, 0.3) is 0 Å². The van der Waals surface area contributed by atoms with Gasteiger partial charge in [0.1, 0.15) is 11.6 Å². The Balaban J connectivity index is 2.47. The summed E-state index contributed by atoms with van der Waals surface area (Å²) in [5.74, 6) is 1.23. The molecule has 138 valence electrons. The molecular weight excluding hydrogens is 328 g/mol. The fourth-order valence-corrected chi connectivity index (χ4v) is 2.52. The van der Waals surface area contributed by atoms with Crippen LogP contribution in [0.25, 0.3) is 17.1 Å². The van der Waals surface area contributed by atoms with Crippen molar-refractivity contribution in [2.75, 3.05) is 18.5 Å². The van der Waals surface area contributed by atoms with Crippen LogP contribution in [0.5, 0.6) is 5.75 Å². The Morgan fingerprint density at radius 3 is 2.73 bits per heavy atom. The highest BCUT2D eigenvalue weighted by molar-refractivity contribution is 5.83. The van der Waals surface area contributed by atoms with E-state index in [1.165, 1.54) is 6.08 Å². The van der Waals surface area contributed by atoms with E-state index in [0.29, 0.717) is 29.2 Å². The standard InChI is InChI=1S/C19H26N6O/c1-4-14(21)11-25(3)18-9-12(2)23-19(24-18)15-10-13(5-6-17(15)26)16(22)7-8-20/h5-10,14,20,26H,4,11,21-22H2,1-3H3/t14-/m1/s1. The van der Waals surface area contributed by atoms with Crippen molar-refractivity contribution < 1.29 is 5.11 Å². The van der Waals surface area contributed by atoms with E-state index < -0.39 is 0 Å². The van der Waals surface area contributed by atoms with Crippen molar-refractivity contribution in [2.24, 2.45) is 11.5 Å². The number of nitrogens with two attached hydrogens (primary N) is 2. The number of phenolic OH excluding ortho intramolecular Hbond substituents is 1. The molecule has 0 radical (unpaired) electrons. The van der Waals surface area contributed by atoms with Crippen LogP contribution in [0.1, 0.15) is 24.6 Å². The molecular formula is C19H26N6O. The summed E-state index contributed by atoms with van der Waals surface area (Å²) in [6.45, 7) is 4.60. The Labute approximate surface area is 153 Å². The molecule has 0 saturated heterocycles. The number of benzene rings is 1. The lowest BCUT2D eigenvalue weighted by molar-refractivity contribution is 0.477. The Hall–Kier alpha value is -2.93. The molecule has 0 unspecified atom stereocenters. The largest absolute Gasteiger partial charge is 0.507 e. The predicted molar refractivity (Wildman–Crippen MR) is 106 cm³/mol. The Bertz CT molecular complexity index is 818. The number of allylic oxidation sites excluding steroid dienone is 1. The van der Waals surface area contributed by atoms with Crippen molar-refractivity contribution >= 4 is 17.7 Å². The number of anilines is 1. The second-order valence-corrected chi connectivity index (χ2v) is 6.26. The molecule has 1 atom stereocenters. The van der Waals surface area contributed by atoms with E-state index in [2.05, 4.69) is 9.97 Å². The number of nitrogens with one attached hydrogen (secondary N) is 1. The van der Waals surface area contributed by atoms with Gasteiger partial charge < -0.3 is 26.9 Å². The van der Waals surface area contributed by atoms with E-state index in [4.69, 9.17) is 16.9 Å². The van der Waals surface area contributed by atoms with Crippen LogP contribution in [0.3, 0.4) is 0 Å². The van der Waals surface area contributed by atoms with Gasteiger partial charge in [-0.3, -0.25) is 0 Å². The molecule has 0 spiro atoms. The van der Waals surface area contributed by atoms with Gasteiger partial charge >= 0.3 is 0 Å². The van der Waals surface area contributed by atoms with Crippen LogP contribution >= 0.6 is 0 Å². The first-order valence-corrected chi connectivity index (χ1v) is 8.48. The molecule has 0 aliphatic rings. The summed E-state index contributed by atoms with van der Waals surface area (Å²) in [6.07, 6.45) is 3.48. The van der Waals surface area contributed by atoms with Gasteiger partial charge in [-0.25, -0.2) is 9.97 Å². The van der Waals surface area contributed by atoms with Crippen LogP contribution < -0.4 is 16.4 Å². The smallest absolute Gasteiger partial charge is 0.165 e. The zero-order valence-electron chi connectivity index (χ0n) is 15.4. The van der Waals surface area contributed by atoms with Gasteiger partial charge in [0.15, 0.2) is 5.82 Å². The average Bonchev–Trinajstić information content (AvgIpc) is 2.61. The minimum Gasteiger partial charge on any atom is -0.507 e. The number of aromatic hydroxyl groups is 1. The molecule has 6 N–H and O–H groups in total. The van der Waals surface area contributed by atoms with Gasteiger partial charge in [-0.15, -0.1) is 0 Å². The maximum atomic E-state index is 10.3. The normalized spacial score (nSPS) is 12.7. The Morgan fingerprint density at radius 2 is 2.08 bits per heavy atom. The minimum atomic E-state index is 0.0570. The molecule has 1 heterocycles. The van der Waals surface area contributed by atoms with Crippen LogP contribution in [-0.4, -0.2) is 40.9 Å². The summed E-state index contributed by atoms with van der Waals surface area (Å²) in [4.78, 5) is 11.0. The number of likely N-dealkylation sites (N-methyl/N-ethyl adjacent to an activating group) is 1. The lowest BCUT2D eigenvalue weighted by Crippen LogP contribution is -2.35. The topological polar surface area (TPSA) is 125 Å². The minimum absolute atomic E-state index is 0.0570. The number of hydrogen-bond donors (Lipinski definition) is 4. The van der Waals surface area contributed by atoms with Crippen LogP contribution in [0.15, 0.2) is 30.3 Å². The molecule has 2 rings (SSSR count). The second-order valence-electron chi connectivity index (χ2n) is 6.26. The van der Waals surface area contributed by atoms with E-state index in [9.17, 15) is 5.11 Å². The average molecular weight is 354 g/mol. The van der Waals surface area contributed by atoms with E-state index in [0.717, 1.165) is 24.1 Å². The van der Waals surface area contributed by atoms with Crippen LogP contribution in [0, 0.1) is 12.3 Å². The zero-order valence-corrected chi connectivity index (χ0v) is 15.4. The van der Waals surface area contributed by atoms with E-state index in [1.54, 1.807) is 18.2 Å². The first kappa shape index (κ1) is 19.4. The highest BCUT2D eigenvalue weighted by Gasteiger charge is 2.14. The van der Waals surface area contributed by atoms with Crippen molar-refractivity contribution in [3.63, 3.8) is 0 Å². The lowest BCUT2D eigenvalue weighted by atomic mass is 10.1. The van der Waals surface area contributed by atoms with Crippen LogP contribution in [0.2, 0.25) is 0 Å². The molecule has 0 bridgehead atoms. The molecule has 0 fully saturated rings. The quantitative estimate of drug-likeness (QED) is 0.565. The summed E-state index contributed by atoms with van der Waals surface area (Å²) >= 11 is 0. The molecule has 0 aliphatic carbocycles. The first-order chi connectivity index (χ1) is 12.3. The monoisotopic (exact) mass is 354 g/mol. The Morgan fingerprint density at radius 1 is 1.35 bits per heavy atom. The molecule has 2 aromatic rings. The first-order valence-electron chi connectivity index (χ1n) is 8.48. The summed E-state index contributed by atoms with van der Waals surface area (Å²) in [6, 6.07) is 6.91. The second kappa shape index (κ2) is 8.44. The molecule has 1 aromatic heterocycles. The maximum Gasteiger partial charge on any atom is 0.165 e. The summed E-state index contributed by atoms with van der Waals surface area (Å²) < 4.78 is 0. The lowest BCUT2D eigenvalue weighted by Gasteiger charge is -2.22. The highest BCUT2D eigenvalue weighted by atomic mass is 16.3. The van der Waals surface area contributed by atoms with Crippen molar-refractivity contribution in [1.82, 2.24) is 9.97 Å². The summed E-state index contributed by atoms with van der Waals surface area (Å²) in [7, 11) is 1.93. The van der Waals surface area contributed by atoms with Crippen molar-refractivity contribution in [1.29, 1.82) is 5.41 Å². The molecule has 7 nitrogen and oxygen atoms in total. The summed E-state index contributed by atoms with van der Waals surface area (Å²) in [5.41, 5.74) is 14.4. The predicted octanol–water partition coefficient (Wildman–Crippen LogP) is 2.28. The third-order valence-corrected chi connectivity index (χ3v) is 4.10. The number of rotatable bonds is 7. The molecule has 0 aliphatic heterocycles. The molecule has 0 amide bonds. The van der Waals surface area contributed by atoms with Gasteiger partial charge in [-0.1, -0.05) is 6.92 Å². The van der Waals surface area contributed by atoms with E-state index >= 15 is 0 Å². The fourth-order valence-electron chi connectivity index (χ4n) is 2.52. The molecule has 7 heteroatoms. The SMILES string of the molecule is CC[C@@H](N)CN(C)c1cc(C)nc(-c2cc(C(N)=CC=N)ccc2O)n1. The maximum absolute atomic E-state index is 10.3. The van der Waals surface area contributed by atoms with Gasteiger partial charge in [-0.05, 0) is 43.2 Å². The number of hydrogen-bond acceptors (Lipinski definition) is 7. The molecule has 1 aromatic carbocycles. The number of phenols is 1. The van der Waals surface area contributed by atoms with E-state index in [-0.39, 0.29) is 11.8 Å². The van der Waals surface area contributed by atoms with Gasteiger partial charge in [-0.2, -0.15) is 0 Å². The number of nitrogens with zero attached hydrogens (tertiary/aromatic N) is 3. The van der Waals surface area contributed by atoms with Gasteiger partial charge in [0.05, 0.1) is 5.56 Å². The van der Waals surface area contributed by atoms with Crippen molar-refractivity contribution in [2.45, 2.75) is 26.3 Å². The van der Waals surface area contributed by atoms with E-state index in [1.807, 2.05) is 31.9 Å². The number of aromatic nitrogens is 2. The van der Waals surface area contributed by atoms with Crippen LogP contribution in [0.4, 0.5) is 5.82 Å². The Kier molecular flexibility index (Phi) is 6.30. The third-order valence-electron chi connectivity index (χ3n) is 4.10. The zero-order chi connectivity index (χ0) is 19.3.